The van der Waals surface area contributed by atoms with Crippen molar-refractivity contribution in [3.63, 3.8) is 0 Å². The van der Waals surface area contributed by atoms with E-state index in [1.807, 2.05) is 6.07 Å². The number of benzene rings is 2. The van der Waals surface area contributed by atoms with Gasteiger partial charge >= 0.3 is 0 Å². The van der Waals surface area contributed by atoms with E-state index in [0.29, 0.717) is 17.0 Å². The Balaban J connectivity index is 2.00. The third kappa shape index (κ3) is 3.80. The average Bonchev–Trinajstić information content (AvgIpc) is 2.68. The van der Waals surface area contributed by atoms with E-state index in [1.54, 1.807) is 24.3 Å². The van der Waals surface area contributed by atoms with E-state index in [-0.39, 0.29) is 16.4 Å². The van der Waals surface area contributed by atoms with Gasteiger partial charge in [-0.1, -0.05) is 30.4 Å². The predicted octanol–water partition coefficient (Wildman–Crippen LogP) is 2.80. The molecule has 0 fully saturated rings. The van der Waals surface area contributed by atoms with E-state index in [4.69, 9.17) is 22.7 Å². The summed E-state index contributed by atoms with van der Waals surface area (Å²) in [7, 11) is 1.53. The van der Waals surface area contributed by atoms with Crippen LogP contribution in [-0.2, 0) is 4.79 Å². The van der Waals surface area contributed by atoms with E-state index in [2.05, 4.69) is 10.6 Å². The second-order valence-corrected chi connectivity index (χ2v) is 6.60. The monoisotopic (exact) mass is 396 g/mol. The van der Waals surface area contributed by atoms with Gasteiger partial charge < -0.3 is 21.1 Å². The minimum Gasteiger partial charge on any atom is -0.497 e. The molecule has 0 unspecified atom stereocenters. The van der Waals surface area contributed by atoms with Crippen molar-refractivity contribution in [2.24, 2.45) is 11.7 Å². The minimum absolute atomic E-state index is 0.0901. The first-order valence-electron chi connectivity index (χ1n) is 8.35. The number of carbonyl (C=O) groups excluding carboxylic acids is 1. The predicted molar refractivity (Wildman–Crippen MR) is 107 cm³/mol. The first-order chi connectivity index (χ1) is 13.4. The molecular formula is C20H17FN4O2S. The highest BCUT2D eigenvalue weighted by molar-refractivity contribution is 7.80. The van der Waals surface area contributed by atoms with E-state index in [1.165, 1.54) is 31.4 Å². The Morgan fingerprint density at radius 1 is 1.32 bits per heavy atom. The fourth-order valence-corrected chi connectivity index (χ4v) is 3.47. The summed E-state index contributed by atoms with van der Waals surface area (Å²) >= 11 is 5.35. The molecule has 0 saturated heterocycles. The molecule has 2 aromatic carbocycles. The summed E-state index contributed by atoms with van der Waals surface area (Å²) in [6.45, 7) is 0. The number of thiocarbonyl (C=S) groups is 1. The van der Waals surface area contributed by atoms with E-state index >= 15 is 0 Å². The lowest BCUT2D eigenvalue weighted by atomic mass is 9.78. The van der Waals surface area contributed by atoms with Crippen LogP contribution in [0, 0.1) is 23.1 Å². The van der Waals surface area contributed by atoms with Crippen molar-refractivity contribution in [2.45, 2.75) is 5.92 Å². The molecule has 0 bridgehead atoms. The molecule has 0 spiro atoms. The molecule has 0 radical (unpaired) electrons. The minimum atomic E-state index is -0.895. The van der Waals surface area contributed by atoms with Gasteiger partial charge in [0.15, 0.2) is 0 Å². The van der Waals surface area contributed by atoms with Gasteiger partial charge in [0.2, 0.25) is 5.91 Å². The van der Waals surface area contributed by atoms with Crippen LogP contribution in [0.5, 0.6) is 5.75 Å². The number of nitrogens with one attached hydrogen (secondary N) is 2. The fraction of sp³-hybridized carbons (Fsp3) is 0.150. The maximum Gasteiger partial charge on any atom is 0.235 e. The molecule has 142 valence electrons. The van der Waals surface area contributed by atoms with Crippen LogP contribution in [0.4, 0.5) is 10.1 Å². The van der Waals surface area contributed by atoms with Crippen LogP contribution >= 0.6 is 12.2 Å². The molecule has 0 aliphatic carbocycles. The quantitative estimate of drug-likeness (QED) is 0.687. The van der Waals surface area contributed by atoms with Crippen LogP contribution in [0.15, 0.2) is 59.9 Å². The lowest BCUT2D eigenvalue weighted by Crippen LogP contribution is -2.46. The highest BCUT2D eigenvalue weighted by atomic mass is 32.1. The van der Waals surface area contributed by atoms with E-state index in [0.717, 1.165) is 0 Å². The molecule has 2 atom stereocenters. The third-order valence-electron chi connectivity index (χ3n) is 4.44. The maximum atomic E-state index is 13.4. The van der Waals surface area contributed by atoms with Crippen molar-refractivity contribution in [3.8, 4) is 11.8 Å². The number of nitrogens with two attached hydrogens (primary N) is 1. The molecule has 1 aliphatic rings. The standard InChI is InChI=1S/C20H17FN4O2S/c1-27-14-4-2-3-13(9-14)24-19(26)17-16(11-5-7-12(21)8-6-11)15(10-22)18(23)25-20(17)28/h2-9,16-17H,23H2,1H3,(H,24,26)(H,25,28)/t16-,17+/m0/s1. The third-order valence-corrected chi connectivity index (χ3v) is 4.80. The number of nitrogens with zero attached hydrogens (tertiary/aromatic N) is 1. The molecule has 0 saturated carbocycles. The number of amides is 1. The summed E-state index contributed by atoms with van der Waals surface area (Å²) in [6.07, 6.45) is 0. The summed E-state index contributed by atoms with van der Waals surface area (Å²) in [5.41, 5.74) is 7.18. The van der Waals surface area contributed by atoms with Crippen LogP contribution < -0.4 is 21.1 Å². The van der Waals surface area contributed by atoms with Gasteiger partial charge in [-0.3, -0.25) is 4.79 Å². The highest BCUT2D eigenvalue weighted by Gasteiger charge is 2.40. The van der Waals surface area contributed by atoms with Crippen molar-refractivity contribution in [2.75, 3.05) is 12.4 Å². The zero-order chi connectivity index (χ0) is 20.3. The van der Waals surface area contributed by atoms with Gasteiger partial charge in [-0.25, -0.2) is 4.39 Å². The lowest BCUT2D eigenvalue weighted by molar-refractivity contribution is -0.118. The smallest absolute Gasteiger partial charge is 0.235 e. The number of rotatable bonds is 4. The number of halogens is 1. The fourth-order valence-electron chi connectivity index (χ4n) is 3.11. The Morgan fingerprint density at radius 2 is 2.04 bits per heavy atom. The SMILES string of the molecule is COc1cccc(NC(=O)[C@@H]2C(=S)NC(N)=C(C#N)[C@@H]2c2ccc(F)cc2)c1. The first-order valence-corrected chi connectivity index (χ1v) is 8.76. The molecule has 28 heavy (non-hydrogen) atoms. The second kappa shape index (κ2) is 8.06. The Morgan fingerprint density at radius 3 is 2.68 bits per heavy atom. The van der Waals surface area contributed by atoms with Crippen LogP contribution in [0.3, 0.4) is 0 Å². The van der Waals surface area contributed by atoms with Crippen LogP contribution in [0.25, 0.3) is 0 Å². The molecule has 2 aromatic rings. The summed E-state index contributed by atoms with van der Waals surface area (Å²) < 4.78 is 18.5. The molecule has 8 heteroatoms. The van der Waals surface area contributed by atoms with E-state index < -0.39 is 23.6 Å². The number of anilines is 1. The first kappa shape index (κ1) is 19.3. The van der Waals surface area contributed by atoms with Crippen molar-refractivity contribution in [1.82, 2.24) is 5.32 Å². The van der Waals surface area contributed by atoms with Crippen LogP contribution in [0.1, 0.15) is 11.5 Å². The Kier molecular flexibility index (Phi) is 5.57. The summed E-state index contributed by atoms with van der Waals surface area (Å²) in [5.74, 6) is -1.79. The summed E-state index contributed by atoms with van der Waals surface area (Å²) in [5, 5.41) is 15.1. The molecule has 1 heterocycles. The van der Waals surface area contributed by atoms with Gasteiger partial charge in [-0.05, 0) is 29.8 Å². The molecule has 3 rings (SSSR count). The van der Waals surface area contributed by atoms with E-state index in [9.17, 15) is 14.4 Å². The van der Waals surface area contributed by atoms with Gasteiger partial charge in [0, 0.05) is 17.7 Å². The molecule has 1 aliphatic heterocycles. The molecule has 0 aromatic heterocycles. The molecule has 6 nitrogen and oxygen atoms in total. The van der Waals surface area contributed by atoms with Crippen molar-refractivity contribution < 1.29 is 13.9 Å². The number of ether oxygens (including phenoxy) is 1. The van der Waals surface area contributed by atoms with Gasteiger partial charge in [-0.2, -0.15) is 5.26 Å². The number of methoxy groups -OCH3 is 1. The zero-order valence-corrected chi connectivity index (χ0v) is 15.7. The maximum absolute atomic E-state index is 13.4. The van der Waals surface area contributed by atoms with Crippen LogP contribution in [-0.4, -0.2) is 18.0 Å². The Bertz CT molecular complexity index is 998. The topological polar surface area (TPSA) is 100 Å². The van der Waals surface area contributed by atoms with Gasteiger partial charge in [0.1, 0.15) is 23.3 Å². The molecule has 1 amide bonds. The lowest BCUT2D eigenvalue weighted by Gasteiger charge is -2.32. The van der Waals surface area contributed by atoms with Crippen molar-refractivity contribution >= 4 is 28.8 Å². The Hall–Kier alpha value is -3.44. The zero-order valence-electron chi connectivity index (χ0n) is 14.9. The molecule has 4 N–H and O–H groups in total. The normalized spacial score (nSPS) is 18.8. The summed E-state index contributed by atoms with van der Waals surface area (Å²) in [6, 6.07) is 14.5. The number of allylic oxidation sites excluding steroid dienone is 1. The number of hydrogen-bond donors (Lipinski definition) is 3. The van der Waals surface area contributed by atoms with Crippen molar-refractivity contribution in [3.05, 3.63) is 71.3 Å². The van der Waals surface area contributed by atoms with Gasteiger partial charge in [-0.15, -0.1) is 0 Å². The number of nitriles is 1. The second-order valence-electron chi connectivity index (χ2n) is 6.16. The van der Waals surface area contributed by atoms with Crippen LogP contribution in [0.2, 0.25) is 0 Å². The summed E-state index contributed by atoms with van der Waals surface area (Å²) in [4.78, 5) is 13.3. The van der Waals surface area contributed by atoms with Gasteiger partial charge in [0.05, 0.1) is 23.7 Å². The largest absolute Gasteiger partial charge is 0.497 e. The number of hydrogen-bond acceptors (Lipinski definition) is 5. The highest BCUT2D eigenvalue weighted by Crippen LogP contribution is 2.37. The Labute approximate surface area is 166 Å². The van der Waals surface area contributed by atoms with Crippen molar-refractivity contribution in [1.29, 1.82) is 5.26 Å². The number of carbonyl (C=O) groups is 1. The van der Waals surface area contributed by atoms with Gasteiger partial charge in [0.25, 0.3) is 0 Å². The average molecular weight is 396 g/mol. The molecular weight excluding hydrogens is 379 g/mol.